The van der Waals surface area contributed by atoms with Gasteiger partial charge in [-0.2, -0.15) is 0 Å². The van der Waals surface area contributed by atoms with Crippen LogP contribution >= 0.6 is 0 Å². The lowest BCUT2D eigenvalue weighted by Crippen LogP contribution is -2.70. The van der Waals surface area contributed by atoms with Gasteiger partial charge in [0, 0.05) is 26.1 Å². The van der Waals surface area contributed by atoms with Crippen molar-refractivity contribution in [1.29, 1.82) is 0 Å². The lowest BCUT2D eigenvalue weighted by molar-refractivity contribution is -0.328. The molecule has 0 aromatic carbocycles. The molecule has 11 nitrogen and oxygen atoms in total. The van der Waals surface area contributed by atoms with Crippen LogP contribution in [0.3, 0.4) is 0 Å². The number of cyclic esters (lactones) is 1. The minimum absolute atomic E-state index is 0.0579. The maximum atomic E-state index is 13.7. The number of aliphatic hydroxyl groups is 4. The van der Waals surface area contributed by atoms with Crippen molar-refractivity contribution < 1.29 is 44.2 Å². The monoisotopic (exact) mass is 632 g/mol. The number of carbonyl (C=O) groups is 1. The van der Waals surface area contributed by atoms with E-state index in [1.165, 1.54) is 6.92 Å². The Kier molecular flexibility index (Phi) is 14.1. The second-order valence-corrected chi connectivity index (χ2v) is 14.5. The number of aliphatic hydroxyl groups excluding tert-OH is 1. The zero-order valence-corrected chi connectivity index (χ0v) is 29.2. The van der Waals surface area contributed by atoms with E-state index in [1.54, 1.807) is 41.7 Å². The van der Waals surface area contributed by atoms with Crippen LogP contribution < -0.4 is 10.6 Å². The molecular weight excluding hydrogens is 568 g/mol. The van der Waals surface area contributed by atoms with Crippen LogP contribution in [0.5, 0.6) is 0 Å². The highest BCUT2D eigenvalue weighted by Crippen LogP contribution is 2.42. The van der Waals surface area contributed by atoms with Crippen molar-refractivity contribution in [2.75, 3.05) is 26.7 Å². The molecule has 2 rings (SSSR count). The Morgan fingerprint density at radius 2 is 1.66 bits per heavy atom. The van der Waals surface area contributed by atoms with Crippen molar-refractivity contribution in [3.63, 3.8) is 0 Å². The second kappa shape index (κ2) is 15.8. The highest BCUT2D eigenvalue weighted by atomic mass is 16.7. The lowest BCUT2D eigenvalue weighted by Gasteiger charge is -2.53. The maximum Gasteiger partial charge on any atom is 0.311 e. The summed E-state index contributed by atoms with van der Waals surface area (Å²) in [7, 11) is 1.56. The third-order valence-corrected chi connectivity index (χ3v) is 10.2. The number of carbonyl (C=O) groups excluding carboxylic acids is 1. The first-order valence-corrected chi connectivity index (χ1v) is 16.6. The number of esters is 1. The van der Waals surface area contributed by atoms with Gasteiger partial charge in [0.05, 0.1) is 23.7 Å². The fraction of sp³-hybridized carbons (Fsp3) is 0.970. The molecule has 0 saturated carbocycles. The van der Waals surface area contributed by atoms with Crippen molar-refractivity contribution in [3.8, 4) is 0 Å². The van der Waals surface area contributed by atoms with Crippen LogP contribution in [-0.2, 0) is 23.7 Å². The lowest BCUT2D eigenvalue weighted by atomic mass is 9.75. The quantitative estimate of drug-likeness (QED) is 0.172. The number of methoxy groups -OCH3 is 1. The van der Waals surface area contributed by atoms with Crippen LogP contribution in [0.25, 0.3) is 0 Å². The van der Waals surface area contributed by atoms with E-state index in [0.717, 1.165) is 13.0 Å². The van der Waals surface area contributed by atoms with Gasteiger partial charge < -0.3 is 50.0 Å². The molecule has 11 heteroatoms. The second-order valence-electron chi connectivity index (χ2n) is 14.5. The van der Waals surface area contributed by atoms with Gasteiger partial charge in [-0.25, -0.2) is 0 Å². The van der Waals surface area contributed by atoms with E-state index in [0.29, 0.717) is 25.8 Å². The van der Waals surface area contributed by atoms with Gasteiger partial charge in [0.15, 0.2) is 6.29 Å². The predicted octanol–water partition coefficient (Wildman–Crippen LogP) is 2.51. The molecule has 0 aromatic rings. The molecule has 0 spiro atoms. The maximum absolute atomic E-state index is 13.7. The minimum Gasteiger partial charge on any atom is -0.459 e. The van der Waals surface area contributed by atoms with Gasteiger partial charge in [-0.05, 0) is 92.2 Å². The Balaban J connectivity index is 2.44. The molecule has 2 heterocycles. The molecule has 2 saturated heterocycles. The average Bonchev–Trinajstić information content (AvgIpc) is 2.94. The highest BCUT2D eigenvalue weighted by Gasteiger charge is 2.57. The van der Waals surface area contributed by atoms with E-state index in [-0.39, 0.29) is 24.8 Å². The van der Waals surface area contributed by atoms with Crippen LogP contribution in [-0.4, -0.2) is 112 Å². The van der Waals surface area contributed by atoms with Gasteiger partial charge in [0.1, 0.15) is 29.0 Å². The molecule has 44 heavy (non-hydrogen) atoms. The first kappa shape index (κ1) is 39.3. The van der Waals surface area contributed by atoms with E-state index in [4.69, 9.17) is 18.9 Å². The third kappa shape index (κ3) is 9.13. The van der Waals surface area contributed by atoms with E-state index in [1.807, 2.05) is 20.8 Å². The smallest absolute Gasteiger partial charge is 0.311 e. The van der Waals surface area contributed by atoms with Gasteiger partial charge in [-0.15, -0.1) is 0 Å². The zero-order valence-electron chi connectivity index (χ0n) is 29.2. The number of rotatable bonds is 8. The van der Waals surface area contributed by atoms with Crippen molar-refractivity contribution in [3.05, 3.63) is 0 Å². The fourth-order valence-electron chi connectivity index (χ4n) is 7.27. The Labute approximate surface area is 265 Å². The molecule has 2 fully saturated rings. The molecule has 260 valence electrons. The topological polar surface area (TPSA) is 159 Å². The summed E-state index contributed by atoms with van der Waals surface area (Å²) in [4.78, 5) is 13.7. The molecular formula is C33H64N2O9. The molecule has 2 aliphatic rings. The summed E-state index contributed by atoms with van der Waals surface area (Å²) < 4.78 is 24.7. The number of nitrogens with one attached hydrogen (secondary N) is 2. The van der Waals surface area contributed by atoms with Crippen molar-refractivity contribution in [1.82, 2.24) is 10.6 Å². The van der Waals surface area contributed by atoms with Gasteiger partial charge in [0.2, 0.25) is 0 Å². The Morgan fingerprint density at radius 1 is 1.02 bits per heavy atom. The first-order chi connectivity index (χ1) is 20.3. The molecule has 6 N–H and O–H groups in total. The summed E-state index contributed by atoms with van der Waals surface area (Å²) in [6.45, 7) is 19.8. The summed E-state index contributed by atoms with van der Waals surface area (Å²) in [6, 6.07) is -0.487. The molecule has 0 bridgehead atoms. The zero-order chi connectivity index (χ0) is 33.7. The fourth-order valence-corrected chi connectivity index (χ4v) is 7.27. The molecule has 0 aliphatic carbocycles. The summed E-state index contributed by atoms with van der Waals surface area (Å²) >= 11 is 0. The Bertz CT molecular complexity index is 904. The van der Waals surface area contributed by atoms with Crippen LogP contribution in [0.15, 0.2) is 0 Å². The molecule has 0 amide bonds. The average molecular weight is 633 g/mol. The molecule has 0 radical (unpaired) electrons. The predicted molar refractivity (Wildman–Crippen MR) is 169 cm³/mol. The SMILES string of the molecule is CCCNC[C@]1(O)[C@H](C)O[C@@H](OC2C(C)CC(C)(O)CC(C)CNC(C)C(O)C(C)(O)C(CC)OC(=O)C2C)C[C@@]1(C)OC. The number of ether oxygens (including phenoxy) is 4. The normalized spacial score (nSPS) is 47.0. The number of hydrogen-bond acceptors (Lipinski definition) is 11. The number of hydrogen-bond donors (Lipinski definition) is 6. The van der Waals surface area contributed by atoms with E-state index >= 15 is 0 Å². The molecule has 9 unspecified atom stereocenters. The van der Waals surface area contributed by atoms with Gasteiger partial charge in [-0.1, -0.05) is 27.7 Å². The molecule has 0 aromatic heterocycles. The summed E-state index contributed by atoms with van der Waals surface area (Å²) in [5, 5.41) is 52.3. The third-order valence-electron chi connectivity index (χ3n) is 10.2. The van der Waals surface area contributed by atoms with Gasteiger partial charge in [0.25, 0.3) is 0 Å². The standard InChI is InChI=1S/C33H64N2O9/c1-12-14-34-19-33(40)24(7)42-26(17-31(33,9)41-11)44-27-21(4)16-30(8,38)15-20(3)18-35-23(6)28(36)32(10,39)25(13-2)43-29(37)22(27)5/h20-28,34-36,38-40H,12-19H2,1-11H3/t20?,21?,22?,23?,24-,25?,26-,27?,28?,30?,31+,32?,33-/m0/s1. The first-order valence-electron chi connectivity index (χ1n) is 16.6. The van der Waals surface area contributed by atoms with Gasteiger partial charge >= 0.3 is 5.97 Å². The van der Waals surface area contributed by atoms with E-state index in [9.17, 15) is 25.2 Å². The molecule has 2 aliphatic heterocycles. The largest absolute Gasteiger partial charge is 0.459 e. The highest BCUT2D eigenvalue weighted by molar-refractivity contribution is 5.73. The summed E-state index contributed by atoms with van der Waals surface area (Å²) in [6.07, 6.45) is -2.14. The van der Waals surface area contributed by atoms with Crippen molar-refractivity contribution in [2.24, 2.45) is 17.8 Å². The Morgan fingerprint density at radius 3 is 2.23 bits per heavy atom. The van der Waals surface area contributed by atoms with Crippen LogP contribution in [0.2, 0.25) is 0 Å². The van der Waals surface area contributed by atoms with Crippen LogP contribution in [0, 0.1) is 17.8 Å². The van der Waals surface area contributed by atoms with E-state index < -0.39 is 71.0 Å². The van der Waals surface area contributed by atoms with Crippen molar-refractivity contribution in [2.45, 2.75) is 160 Å². The molecule has 13 atom stereocenters. The van der Waals surface area contributed by atoms with Gasteiger partial charge in [-0.3, -0.25) is 4.79 Å². The Hall–Kier alpha value is -0.890. The summed E-state index contributed by atoms with van der Waals surface area (Å²) in [5.74, 6) is -1.63. The van der Waals surface area contributed by atoms with E-state index in [2.05, 4.69) is 17.6 Å². The van der Waals surface area contributed by atoms with Crippen LogP contribution in [0.1, 0.15) is 101 Å². The van der Waals surface area contributed by atoms with Crippen LogP contribution in [0.4, 0.5) is 0 Å². The minimum atomic E-state index is -1.72. The summed E-state index contributed by atoms with van der Waals surface area (Å²) in [5.41, 5.74) is -5.14. The van der Waals surface area contributed by atoms with Crippen molar-refractivity contribution >= 4 is 5.97 Å².